The molecule has 0 aliphatic carbocycles. The molecule has 2 rings (SSSR count). The Morgan fingerprint density at radius 2 is 1.86 bits per heavy atom. The number of methoxy groups -OCH3 is 1. The van der Waals surface area contributed by atoms with Crippen molar-refractivity contribution >= 4 is 33.1 Å². The molecule has 0 fully saturated rings. The van der Waals surface area contributed by atoms with Crippen LogP contribution in [0, 0.1) is 0 Å². The molecular formula is C12H13ClN4O3S. The fourth-order valence-electron chi connectivity index (χ4n) is 1.59. The van der Waals surface area contributed by atoms with Gasteiger partial charge in [0.05, 0.1) is 12.0 Å². The molecule has 0 bridgehead atoms. The van der Waals surface area contributed by atoms with Crippen molar-refractivity contribution in [2.75, 3.05) is 24.2 Å². The van der Waals surface area contributed by atoms with Crippen molar-refractivity contribution in [3.8, 4) is 5.75 Å². The zero-order chi connectivity index (χ0) is 15.5. The predicted octanol–water partition coefficient (Wildman–Crippen LogP) is 1.98. The second-order valence-electron chi connectivity index (χ2n) is 3.93. The van der Waals surface area contributed by atoms with Gasteiger partial charge in [-0.1, -0.05) is 11.6 Å². The zero-order valence-corrected chi connectivity index (χ0v) is 12.9. The van der Waals surface area contributed by atoms with Crippen molar-refractivity contribution in [3.63, 3.8) is 0 Å². The molecule has 0 radical (unpaired) electrons. The number of rotatable bonds is 5. The highest BCUT2D eigenvalue weighted by Gasteiger charge is 2.19. The average Bonchev–Trinajstić information content (AvgIpc) is 2.47. The van der Waals surface area contributed by atoms with Crippen LogP contribution in [0.25, 0.3) is 0 Å². The van der Waals surface area contributed by atoms with Crippen LogP contribution in [0.3, 0.4) is 0 Å². The first-order valence-electron chi connectivity index (χ1n) is 5.83. The monoisotopic (exact) mass is 328 g/mol. The second-order valence-corrected chi connectivity index (χ2v) is 5.97. The highest BCUT2D eigenvalue weighted by Crippen LogP contribution is 2.30. The summed E-state index contributed by atoms with van der Waals surface area (Å²) in [6, 6.07) is 6.25. The zero-order valence-electron chi connectivity index (χ0n) is 11.3. The van der Waals surface area contributed by atoms with Crippen molar-refractivity contribution in [3.05, 3.63) is 35.7 Å². The van der Waals surface area contributed by atoms with Crippen molar-refractivity contribution in [2.45, 2.75) is 4.90 Å². The summed E-state index contributed by atoms with van der Waals surface area (Å²) in [6.45, 7) is 0. The number of nitrogens with zero attached hydrogens (tertiary/aromatic N) is 2. The first kappa shape index (κ1) is 15.3. The molecule has 2 aromatic rings. The quantitative estimate of drug-likeness (QED) is 0.815. The van der Waals surface area contributed by atoms with Crippen molar-refractivity contribution in [2.24, 2.45) is 0 Å². The third-order valence-corrected chi connectivity index (χ3v) is 4.27. The van der Waals surface area contributed by atoms with Gasteiger partial charge in [-0.15, -0.1) is 0 Å². The Balaban J connectivity index is 2.35. The van der Waals surface area contributed by atoms with Gasteiger partial charge in [-0.3, -0.25) is 4.72 Å². The molecule has 0 atom stereocenters. The minimum atomic E-state index is -3.79. The molecule has 0 amide bonds. The first-order chi connectivity index (χ1) is 9.97. The van der Waals surface area contributed by atoms with Gasteiger partial charge in [-0.05, 0) is 24.3 Å². The number of benzene rings is 1. The molecule has 0 unspecified atom stereocenters. The predicted molar refractivity (Wildman–Crippen MR) is 80.4 cm³/mol. The lowest BCUT2D eigenvalue weighted by molar-refractivity contribution is 0.413. The lowest BCUT2D eigenvalue weighted by Crippen LogP contribution is -2.15. The highest BCUT2D eigenvalue weighted by molar-refractivity contribution is 7.92. The number of ether oxygens (including phenoxy) is 1. The van der Waals surface area contributed by atoms with Crippen LogP contribution in [-0.4, -0.2) is 32.5 Å². The van der Waals surface area contributed by atoms with Gasteiger partial charge in [0, 0.05) is 12.7 Å². The van der Waals surface area contributed by atoms with E-state index in [4.69, 9.17) is 16.3 Å². The maximum absolute atomic E-state index is 12.3. The van der Waals surface area contributed by atoms with E-state index in [9.17, 15) is 8.42 Å². The number of nitrogens with one attached hydrogen (secondary N) is 2. The van der Waals surface area contributed by atoms with Crippen LogP contribution in [0.15, 0.2) is 35.5 Å². The average molecular weight is 329 g/mol. The van der Waals surface area contributed by atoms with Crippen LogP contribution in [0.5, 0.6) is 5.75 Å². The normalized spacial score (nSPS) is 11.0. The van der Waals surface area contributed by atoms with E-state index in [1.54, 1.807) is 19.2 Å². The molecule has 2 N–H and O–H groups in total. The van der Waals surface area contributed by atoms with E-state index in [0.717, 1.165) is 12.0 Å². The standard InChI is InChI=1S/C12H13ClN4O3S/c1-14-8-3-5-9(6-4-8)21(18,19)17-12-10(20-2)11(13)15-7-16-12/h3-7,14H,1-2H3,(H,15,16,17). The third-order valence-electron chi connectivity index (χ3n) is 2.65. The summed E-state index contributed by atoms with van der Waals surface area (Å²) in [5, 5.41) is 2.93. The molecule has 0 aliphatic rings. The first-order valence-corrected chi connectivity index (χ1v) is 7.69. The van der Waals surface area contributed by atoms with Gasteiger partial charge in [0.1, 0.15) is 6.33 Å². The summed E-state index contributed by atoms with van der Waals surface area (Å²) in [4.78, 5) is 7.65. The van der Waals surface area contributed by atoms with Gasteiger partial charge >= 0.3 is 0 Å². The van der Waals surface area contributed by atoms with E-state index in [-0.39, 0.29) is 21.6 Å². The minimum Gasteiger partial charge on any atom is -0.490 e. The number of aromatic nitrogens is 2. The Labute approximate surface area is 127 Å². The molecule has 9 heteroatoms. The van der Waals surface area contributed by atoms with Crippen molar-refractivity contribution < 1.29 is 13.2 Å². The summed E-state index contributed by atoms with van der Waals surface area (Å²) < 4.78 is 31.9. The Hall–Kier alpha value is -2.06. The molecule has 0 spiro atoms. The lowest BCUT2D eigenvalue weighted by Gasteiger charge is -2.11. The van der Waals surface area contributed by atoms with E-state index < -0.39 is 10.0 Å². The van der Waals surface area contributed by atoms with Crippen LogP contribution in [0.4, 0.5) is 11.5 Å². The lowest BCUT2D eigenvalue weighted by atomic mass is 10.3. The van der Waals surface area contributed by atoms with Gasteiger partial charge in [0.15, 0.2) is 16.7 Å². The molecule has 1 aromatic heterocycles. The maximum atomic E-state index is 12.3. The summed E-state index contributed by atoms with van der Waals surface area (Å²) in [5.74, 6) is 0.0461. The van der Waals surface area contributed by atoms with Crippen LogP contribution >= 0.6 is 11.6 Å². The van der Waals surface area contributed by atoms with E-state index in [1.165, 1.54) is 19.2 Å². The SMILES string of the molecule is CNc1ccc(S(=O)(=O)Nc2ncnc(Cl)c2OC)cc1. The molecule has 1 aromatic carbocycles. The van der Waals surface area contributed by atoms with Crippen LogP contribution in [0.2, 0.25) is 5.15 Å². The van der Waals surface area contributed by atoms with Gasteiger partial charge in [0.2, 0.25) is 0 Å². The fraction of sp³-hybridized carbons (Fsp3) is 0.167. The molecule has 0 saturated carbocycles. The molecule has 7 nitrogen and oxygen atoms in total. The number of sulfonamides is 1. The van der Waals surface area contributed by atoms with E-state index in [2.05, 4.69) is 20.0 Å². The summed E-state index contributed by atoms with van der Waals surface area (Å²) in [5.41, 5.74) is 0.802. The van der Waals surface area contributed by atoms with Crippen molar-refractivity contribution in [1.82, 2.24) is 9.97 Å². The number of hydrogen-bond acceptors (Lipinski definition) is 6. The highest BCUT2D eigenvalue weighted by atomic mass is 35.5. The Kier molecular flexibility index (Phi) is 4.49. The maximum Gasteiger partial charge on any atom is 0.263 e. The number of anilines is 2. The van der Waals surface area contributed by atoms with Crippen LogP contribution in [0.1, 0.15) is 0 Å². The third kappa shape index (κ3) is 3.34. The smallest absolute Gasteiger partial charge is 0.263 e. The molecule has 0 saturated heterocycles. The van der Waals surface area contributed by atoms with E-state index in [0.29, 0.717) is 0 Å². The Bertz CT molecular complexity index is 735. The topological polar surface area (TPSA) is 93.2 Å². The largest absolute Gasteiger partial charge is 0.490 e. The molecular weight excluding hydrogens is 316 g/mol. The Morgan fingerprint density at radius 1 is 1.19 bits per heavy atom. The van der Waals surface area contributed by atoms with Gasteiger partial charge in [-0.25, -0.2) is 18.4 Å². The summed E-state index contributed by atoms with van der Waals surface area (Å²) in [6.07, 6.45) is 1.15. The van der Waals surface area contributed by atoms with Gasteiger partial charge in [-0.2, -0.15) is 0 Å². The molecule has 112 valence electrons. The van der Waals surface area contributed by atoms with Crippen LogP contribution < -0.4 is 14.8 Å². The van der Waals surface area contributed by atoms with Crippen LogP contribution in [-0.2, 0) is 10.0 Å². The van der Waals surface area contributed by atoms with Crippen molar-refractivity contribution in [1.29, 1.82) is 0 Å². The molecule has 21 heavy (non-hydrogen) atoms. The minimum absolute atomic E-state index is 0.0183. The summed E-state index contributed by atoms with van der Waals surface area (Å²) in [7, 11) is -0.698. The Morgan fingerprint density at radius 3 is 2.43 bits per heavy atom. The number of halogens is 1. The number of hydrogen-bond donors (Lipinski definition) is 2. The molecule has 0 aliphatic heterocycles. The van der Waals surface area contributed by atoms with E-state index >= 15 is 0 Å². The van der Waals surface area contributed by atoms with Gasteiger partial charge < -0.3 is 10.1 Å². The van der Waals surface area contributed by atoms with Gasteiger partial charge in [0.25, 0.3) is 10.0 Å². The molecule has 1 heterocycles. The van der Waals surface area contributed by atoms with E-state index in [1.807, 2.05) is 0 Å². The summed E-state index contributed by atoms with van der Waals surface area (Å²) >= 11 is 5.82. The fourth-order valence-corrected chi connectivity index (χ4v) is 2.82. The second kappa shape index (κ2) is 6.15.